The molecular weight excluding hydrogens is 407 g/mol. The van der Waals surface area contributed by atoms with Gasteiger partial charge in [0, 0.05) is 25.6 Å². The first kappa shape index (κ1) is 22.2. The van der Waals surface area contributed by atoms with Crippen molar-refractivity contribution in [2.24, 2.45) is 0 Å². The van der Waals surface area contributed by atoms with Crippen LogP contribution in [0.4, 0.5) is 4.39 Å². The Morgan fingerprint density at radius 1 is 1.13 bits per heavy atom. The number of halogens is 1. The van der Waals surface area contributed by atoms with E-state index in [1.165, 1.54) is 16.4 Å². The maximum Gasteiger partial charge on any atom is 0.243 e. The zero-order valence-corrected chi connectivity index (χ0v) is 17.8. The molecule has 0 bridgehead atoms. The molecule has 0 radical (unpaired) electrons. The highest BCUT2D eigenvalue weighted by Gasteiger charge is 2.34. The molecule has 0 aromatic heterocycles. The first-order chi connectivity index (χ1) is 14.4. The maximum atomic E-state index is 13.2. The maximum absolute atomic E-state index is 13.2. The molecule has 0 unspecified atom stereocenters. The molecule has 0 saturated carbocycles. The fourth-order valence-corrected chi connectivity index (χ4v) is 5.35. The number of amides is 1. The van der Waals surface area contributed by atoms with Crippen molar-refractivity contribution >= 4 is 15.9 Å². The quantitative estimate of drug-likeness (QED) is 0.693. The van der Waals surface area contributed by atoms with Gasteiger partial charge in [0.2, 0.25) is 15.9 Å². The zero-order chi connectivity index (χ0) is 21.6. The minimum Gasteiger partial charge on any atom is -0.497 e. The monoisotopic (exact) mass is 434 g/mol. The van der Waals surface area contributed by atoms with Gasteiger partial charge in [-0.15, -0.1) is 0 Å². The number of carbonyl (C=O) groups is 1. The fraction of sp³-hybridized carbons (Fsp3) is 0.409. The second-order valence-electron chi connectivity index (χ2n) is 7.37. The molecule has 8 heteroatoms. The predicted octanol–water partition coefficient (Wildman–Crippen LogP) is 3.13. The van der Waals surface area contributed by atoms with Gasteiger partial charge in [0.05, 0.1) is 12.0 Å². The van der Waals surface area contributed by atoms with Crippen molar-refractivity contribution in [2.75, 3.05) is 20.2 Å². The van der Waals surface area contributed by atoms with Crippen molar-refractivity contribution in [3.05, 3.63) is 59.9 Å². The Bertz CT molecular complexity index is 946. The van der Waals surface area contributed by atoms with Gasteiger partial charge in [-0.05, 0) is 61.2 Å². The van der Waals surface area contributed by atoms with Crippen LogP contribution in [0.3, 0.4) is 0 Å². The SMILES string of the molecule is COc1ccc(CCNC(=O)C[C@@H]2CCCCN2S(=O)(=O)c2ccc(F)cc2)cc1. The van der Waals surface area contributed by atoms with Gasteiger partial charge in [-0.2, -0.15) is 4.31 Å². The number of nitrogens with zero attached hydrogens (tertiary/aromatic N) is 1. The van der Waals surface area contributed by atoms with Crippen molar-refractivity contribution in [3.63, 3.8) is 0 Å². The Kier molecular flexibility index (Phi) is 7.44. The minimum atomic E-state index is -3.77. The molecule has 1 aliphatic rings. The van der Waals surface area contributed by atoms with Crippen LogP contribution in [0.5, 0.6) is 5.75 Å². The molecular formula is C22H27FN2O4S. The van der Waals surface area contributed by atoms with Crippen molar-refractivity contribution in [1.82, 2.24) is 9.62 Å². The van der Waals surface area contributed by atoms with E-state index in [0.717, 1.165) is 36.3 Å². The van der Waals surface area contributed by atoms with Crippen molar-refractivity contribution < 1.29 is 22.3 Å². The van der Waals surface area contributed by atoms with Crippen molar-refractivity contribution in [2.45, 2.75) is 43.0 Å². The molecule has 0 spiro atoms. The van der Waals surface area contributed by atoms with Crippen LogP contribution in [0.2, 0.25) is 0 Å². The van der Waals surface area contributed by atoms with Crippen LogP contribution in [-0.2, 0) is 21.2 Å². The van der Waals surface area contributed by atoms with Crippen LogP contribution < -0.4 is 10.1 Å². The van der Waals surface area contributed by atoms with Gasteiger partial charge >= 0.3 is 0 Å². The number of sulfonamides is 1. The molecule has 1 atom stereocenters. The van der Waals surface area contributed by atoms with E-state index in [4.69, 9.17) is 4.74 Å². The summed E-state index contributed by atoms with van der Waals surface area (Å²) in [5.41, 5.74) is 1.08. The molecule has 162 valence electrons. The molecule has 1 amide bonds. The fourth-order valence-electron chi connectivity index (χ4n) is 3.66. The molecule has 1 heterocycles. The van der Waals surface area contributed by atoms with Gasteiger partial charge in [0.15, 0.2) is 0 Å². The van der Waals surface area contributed by atoms with Gasteiger partial charge in [0.1, 0.15) is 11.6 Å². The van der Waals surface area contributed by atoms with E-state index in [0.29, 0.717) is 25.9 Å². The lowest BCUT2D eigenvalue weighted by Gasteiger charge is -2.34. The highest BCUT2D eigenvalue weighted by molar-refractivity contribution is 7.89. The van der Waals surface area contributed by atoms with Crippen molar-refractivity contribution in [1.29, 1.82) is 0 Å². The van der Waals surface area contributed by atoms with Gasteiger partial charge < -0.3 is 10.1 Å². The smallest absolute Gasteiger partial charge is 0.243 e. The summed E-state index contributed by atoms with van der Waals surface area (Å²) in [6, 6.07) is 12.1. The lowest BCUT2D eigenvalue weighted by atomic mass is 10.0. The third-order valence-corrected chi connectivity index (χ3v) is 7.28. The average molecular weight is 435 g/mol. The number of hydrogen-bond acceptors (Lipinski definition) is 4. The Balaban J connectivity index is 1.57. The Morgan fingerprint density at radius 2 is 1.83 bits per heavy atom. The lowest BCUT2D eigenvalue weighted by molar-refractivity contribution is -0.122. The van der Waals surface area contributed by atoms with Crippen LogP contribution in [-0.4, -0.2) is 44.9 Å². The molecule has 1 aliphatic heterocycles. The molecule has 6 nitrogen and oxygen atoms in total. The second kappa shape index (κ2) is 10.0. The summed E-state index contributed by atoms with van der Waals surface area (Å²) in [6.07, 6.45) is 3.04. The van der Waals surface area contributed by atoms with E-state index in [-0.39, 0.29) is 17.2 Å². The molecule has 2 aromatic rings. The summed E-state index contributed by atoms with van der Waals surface area (Å²) >= 11 is 0. The van der Waals surface area contributed by atoms with Gasteiger partial charge in [0.25, 0.3) is 0 Å². The number of carbonyl (C=O) groups excluding carboxylic acids is 1. The van der Waals surface area contributed by atoms with Gasteiger partial charge in [-0.25, -0.2) is 12.8 Å². The number of ether oxygens (including phenoxy) is 1. The van der Waals surface area contributed by atoms with Crippen LogP contribution in [0.25, 0.3) is 0 Å². The minimum absolute atomic E-state index is 0.0516. The van der Waals surface area contributed by atoms with E-state index in [1.54, 1.807) is 7.11 Å². The molecule has 1 fully saturated rings. The summed E-state index contributed by atoms with van der Waals surface area (Å²) < 4.78 is 45.7. The largest absolute Gasteiger partial charge is 0.497 e. The van der Waals surface area contributed by atoms with E-state index in [2.05, 4.69) is 5.32 Å². The topological polar surface area (TPSA) is 75.7 Å². The Labute approximate surface area is 177 Å². The molecule has 0 aliphatic carbocycles. The van der Waals surface area contributed by atoms with E-state index >= 15 is 0 Å². The Hall–Kier alpha value is -2.45. The standard InChI is InChI=1S/C22H27FN2O4S/c1-29-20-9-5-17(6-10-20)13-14-24-22(26)16-19-4-2-3-15-25(19)30(27,28)21-11-7-18(23)8-12-21/h5-12,19H,2-4,13-16H2,1H3,(H,24,26)/t19-/m0/s1. The number of piperidine rings is 1. The Morgan fingerprint density at radius 3 is 2.50 bits per heavy atom. The summed E-state index contributed by atoms with van der Waals surface area (Å²) in [5, 5.41) is 2.89. The summed E-state index contributed by atoms with van der Waals surface area (Å²) in [5.74, 6) is 0.123. The van der Waals surface area contributed by atoms with Gasteiger partial charge in [-0.1, -0.05) is 18.6 Å². The highest BCUT2D eigenvalue weighted by atomic mass is 32.2. The third-order valence-electron chi connectivity index (χ3n) is 5.31. The van der Waals surface area contributed by atoms with Crippen LogP contribution in [0.15, 0.2) is 53.4 Å². The molecule has 3 rings (SSSR count). The van der Waals surface area contributed by atoms with Crippen LogP contribution in [0, 0.1) is 5.82 Å². The second-order valence-corrected chi connectivity index (χ2v) is 9.26. The molecule has 1 saturated heterocycles. The zero-order valence-electron chi connectivity index (χ0n) is 17.0. The summed E-state index contributed by atoms with van der Waals surface area (Å²) in [6.45, 7) is 0.839. The first-order valence-electron chi connectivity index (χ1n) is 10.1. The lowest BCUT2D eigenvalue weighted by Crippen LogP contribution is -2.46. The first-order valence-corrected chi connectivity index (χ1v) is 11.5. The normalized spacial score (nSPS) is 17.5. The summed E-state index contributed by atoms with van der Waals surface area (Å²) in [7, 11) is -2.16. The van der Waals surface area contributed by atoms with Gasteiger partial charge in [-0.3, -0.25) is 4.79 Å². The average Bonchev–Trinajstić information content (AvgIpc) is 2.75. The number of hydrogen-bond donors (Lipinski definition) is 1. The van der Waals surface area contributed by atoms with Crippen LogP contribution in [0.1, 0.15) is 31.2 Å². The highest BCUT2D eigenvalue weighted by Crippen LogP contribution is 2.27. The van der Waals surface area contributed by atoms with Crippen LogP contribution >= 0.6 is 0 Å². The number of benzene rings is 2. The molecule has 30 heavy (non-hydrogen) atoms. The van der Waals surface area contributed by atoms with E-state index < -0.39 is 21.9 Å². The number of methoxy groups -OCH3 is 1. The molecule has 2 aromatic carbocycles. The summed E-state index contributed by atoms with van der Waals surface area (Å²) in [4.78, 5) is 12.5. The molecule has 1 N–H and O–H groups in total. The number of rotatable bonds is 8. The van der Waals surface area contributed by atoms with Crippen molar-refractivity contribution in [3.8, 4) is 5.75 Å². The van der Waals surface area contributed by atoms with E-state index in [1.807, 2.05) is 24.3 Å². The van der Waals surface area contributed by atoms with E-state index in [9.17, 15) is 17.6 Å². The predicted molar refractivity (Wildman–Crippen MR) is 112 cm³/mol. The third kappa shape index (κ3) is 5.58. The number of nitrogens with one attached hydrogen (secondary N) is 1.